The lowest BCUT2D eigenvalue weighted by Crippen LogP contribution is -2.35. The molecule has 0 bridgehead atoms. The molecule has 3 aliphatic rings. The minimum Gasteiger partial charge on any atom is -0.497 e. The second-order valence-corrected chi connectivity index (χ2v) is 14.7. The number of benzene rings is 5. The molecule has 5 aromatic rings. The fourth-order valence-electron chi connectivity index (χ4n) is 8.62. The molecule has 252 valence electrons. The number of ether oxygens (including phenoxy) is 3. The Bertz CT molecular complexity index is 2170. The molecule has 0 radical (unpaired) electrons. The van der Waals surface area contributed by atoms with Gasteiger partial charge >= 0.3 is 0 Å². The first-order valence-corrected chi connectivity index (χ1v) is 19.0. The number of hydrogen-bond acceptors (Lipinski definition) is 6. The Morgan fingerprint density at radius 2 is 1.56 bits per heavy atom. The van der Waals surface area contributed by atoms with Crippen LogP contribution in [-0.2, 0) is 11.0 Å². The fourth-order valence-corrected chi connectivity index (χ4v) is 9.59. The van der Waals surface area contributed by atoms with E-state index < -0.39 is 5.60 Å². The zero-order valence-electron chi connectivity index (χ0n) is 28.3. The predicted molar refractivity (Wildman–Crippen MR) is 206 cm³/mol. The number of hydrogen-bond donors (Lipinski definition) is 1. The second kappa shape index (κ2) is 13.3. The molecule has 2 aliphatic carbocycles. The number of azide groups is 1. The third kappa shape index (κ3) is 5.24. The zero-order chi connectivity index (χ0) is 34.3. The monoisotopic (exact) mass is 697 g/mol. The highest BCUT2D eigenvalue weighted by molar-refractivity contribution is 7.99. The third-order valence-corrected chi connectivity index (χ3v) is 12.2. The summed E-state index contributed by atoms with van der Waals surface area (Å²) < 4.78 is 18.8. The lowest BCUT2D eigenvalue weighted by atomic mass is 9.67. The van der Waals surface area contributed by atoms with Crippen LogP contribution in [0.2, 0.25) is 0 Å². The summed E-state index contributed by atoms with van der Waals surface area (Å²) in [5.74, 6) is 2.30. The van der Waals surface area contributed by atoms with Crippen molar-refractivity contribution in [2.24, 2.45) is 5.11 Å². The molecule has 0 amide bonds. The Hall–Kier alpha value is -4.49. The van der Waals surface area contributed by atoms with Gasteiger partial charge in [-0.05, 0) is 94.7 Å². The topological polar surface area (TPSA) is 76.5 Å². The number of thioether (sulfide) groups is 1. The molecule has 1 aliphatic heterocycles. The molecule has 8 heteroatoms. The summed E-state index contributed by atoms with van der Waals surface area (Å²) in [7, 11) is 1.68. The van der Waals surface area contributed by atoms with Crippen LogP contribution in [0.5, 0.6) is 17.2 Å². The number of methoxy groups -OCH3 is 1. The van der Waals surface area contributed by atoms with Crippen molar-refractivity contribution in [2.45, 2.75) is 65.8 Å². The molecule has 1 unspecified atom stereocenters. The highest BCUT2D eigenvalue weighted by Gasteiger charge is 2.48. The highest BCUT2D eigenvalue weighted by atomic mass is 32.2. The smallest absolute Gasteiger partial charge is 0.178 e. The molecule has 0 N–H and O–H groups in total. The van der Waals surface area contributed by atoms with E-state index in [-0.39, 0.29) is 12.1 Å². The van der Waals surface area contributed by atoms with Crippen molar-refractivity contribution in [3.63, 3.8) is 0 Å². The van der Waals surface area contributed by atoms with Crippen molar-refractivity contribution < 1.29 is 14.2 Å². The van der Waals surface area contributed by atoms with Crippen molar-refractivity contribution >= 4 is 41.2 Å². The summed E-state index contributed by atoms with van der Waals surface area (Å²) in [5, 5.41) is 5.81. The van der Waals surface area contributed by atoms with Gasteiger partial charge in [-0.2, -0.15) is 0 Å². The molecule has 1 spiro atoms. The van der Waals surface area contributed by atoms with E-state index in [1.54, 1.807) is 18.9 Å². The van der Waals surface area contributed by atoms with E-state index in [1.807, 2.05) is 36.4 Å². The van der Waals surface area contributed by atoms with Gasteiger partial charge in [-0.15, -0.1) is 24.4 Å². The second-order valence-electron chi connectivity index (χ2n) is 13.4. The Labute approximate surface area is 302 Å². The molecule has 6 nitrogen and oxygen atoms in total. The van der Waals surface area contributed by atoms with Crippen LogP contribution in [0.4, 0.5) is 0 Å². The van der Waals surface area contributed by atoms with Gasteiger partial charge in [0.05, 0.1) is 7.11 Å². The maximum absolute atomic E-state index is 8.72. The third-order valence-electron chi connectivity index (χ3n) is 10.9. The van der Waals surface area contributed by atoms with Crippen LogP contribution in [-0.4, -0.2) is 20.1 Å². The van der Waals surface area contributed by atoms with Gasteiger partial charge in [0, 0.05) is 42.2 Å². The van der Waals surface area contributed by atoms with Crippen LogP contribution in [0.25, 0.3) is 38.4 Å². The number of thiol groups is 1. The van der Waals surface area contributed by atoms with Crippen LogP contribution in [0.3, 0.4) is 0 Å². The van der Waals surface area contributed by atoms with Gasteiger partial charge < -0.3 is 14.2 Å². The van der Waals surface area contributed by atoms with Gasteiger partial charge in [-0.1, -0.05) is 91.8 Å². The maximum Gasteiger partial charge on any atom is 0.178 e. The quantitative estimate of drug-likeness (QED) is 0.0604. The summed E-state index contributed by atoms with van der Waals surface area (Å²) >= 11 is 6.73. The molecule has 1 saturated carbocycles. The Balaban J connectivity index is 1.41. The molecule has 1 atom stereocenters. The molecule has 1 fully saturated rings. The van der Waals surface area contributed by atoms with Crippen molar-refractivity contribution in [1.82, 2.24) is 0 Å². The summed E-state index contributed by atoms with van der Waals surface area (Å²) in [6.45, 7) is -0.0740. The summed E-state index contributed by atoms with van der Waals surface area (Å²) in [5.41, 5.74) is 16.4. The number of rotatable bonds is 7. The minimum atomic E-state index is -0.942. The van der Waals surface area contributed by atoms with Crippen molar-refractivity contribution in [1.29, 1.82) is 0 Å². The van der Waals surface area contributed by atoms with E-state index in [4.69, 9.17) is 32.4 Å². The molecule has 8 rings (SSSR count). The number of fused-ring (bicyclic) bond motifs is 10. The summed E-state index contributed by atoms with van der Waals surface area (Å²) in [4.78, 5) is 4.90. The van der Waals surface area contributed by atoms with Crippen LogP contribution < -0.4 is 14.2 Å². The van der Waals surface area contributed by atoms with Crippen LogP contribution in [0.15, 0.2) is 106 Å². The first-order valence-electron chi connectivity index (χ1n) is 17.3. The molecule has 5 aromatic carbocycles. The Morgan fingerprint density at radius 1 is 0.880 bits per heavy atom. The van der Waals surface area contributed by atoms with E-state index >= 15 is 0 Å². The largest absolute Gasteiger partial charge is 0.497 e. The predicted octanol–water partition coefficient (Wildman–Crippen LogP) is 11.9. The van der Waals surface area contributed by atoms with Gasteiger partial charge in [-0.3, -0.25) is 0 Å². The van der Waals surface area contributed by atoms with E-state index in [0.717, 1.165) is 50.6 Å². The van der Waals surface area contributed by atoms with Gasteiger partial charge in [0.15, 0.2) is 12.3 Å². The molecule has 0 aromatic heterocycles. The summed E-state index contributed by atoms with van der Waals surface area (Å²) in [6, 6.07) is 29.7. The van der Waals surface area contributed by atoms with E-state index in [1.165, 1.54) is 65.3 Å². The first kappa shape index (κ1) is 32.7. The normalized spacial score (nSPS) is 18.6. The molecule has 50 heavy (non-hydrogen) atoms. The Kier molecular flexibility index (Phi) is 8.72. The van der Waals surface area contributed by atoms with Crippen LogP contribution >= 0.6 is 24.4 Å². The van der Waals surface area contributed by atoms with Gasteiger partial charge in [0.2, 0.25) is 0 Å². The summed E-state index contributed by atoms with van der Waals surface area (Å²) in [6.07, 6.45) is 15.2. The van der Waals surface area contributed by atoms with E-state index in [9.17, 15) is 0 Å². The van der Waals surface area contributed by atoms with Crippen molar-refractivity contribution in [3.05, 3.63) is 129 Å². The number of nitrogens with zero attached hydrogens (tertiary/aromatic N) is 3. The lowest BCUT2D eigenvalue weighted by molar-refractivity contribution is 0.163. The molecular weight excluding hydrogens is 659 g/mol. The first-order chi connectivity index (χ1) is 24.5. The SMILES string of the molecule is COc1ccc(C2(c3ccc(OCN=[N+]=[N-])cc3)C=Cc3c4c(c5cc(S)c(SC)cc5c3O2)-c2ccccc2C42CCCCCCC2)cc1. The van der Waals surface area contributed by atoms with E-state index in [2.05, 4.69) is 77.0 Å². The van der Waals surface area contributed by atoms with Crippen molar-refractivity contribution in [3.8, 4) is 28.4 Å². The fraction of sp³-hybridized carbons (Fsp3) is 0.286. The highest BCUT2D eigenvalue weighted by Crippen LogP contribution is 2.62. The van der Waals surface area contributed by atoms with Gasteiger partial charge in [-0.25, -0.2) is 0 Å². The van der Waals surface area contributed by atoms with Crippen LogP contribution in [0.1, 0.15) is 72.8 Å². The van der Waals surface area contributed by atoms with E-state index in [0.29, 0.717) is 5.75 Å². The molecule has 1 heterocycles. The standard InChI is InChI=1S/C42H39N3O3S2/c1-46-29-16-12-27(13-17-29)42(28-14-18-30(19-15-28)47-26-44-45-43)23-20-32-39-38(33-24-36(49)37(50-2)25-34(33)40(32)48-42)31-10-6-7-11-35(31)41(39)21-8-4-3-5-9-22-41/h6-7,10-20,23-25,49H,3-5,8-9,21-22,26H2,1-2H3. The lowest BCUT2D eigenvalue weighted by Gasteiger charge is -2.40. The van der Waals surface area contributed by atoms with Gasteiger partial charge in [0.25, 0.3) is 0 Å². The van der Waals surface area contributed by atoms with Gasteiger partial charge in [0.1, 0.15) is 17.2 Å². The average molecular weight is 698 g/mol. The Morgan fingerprint density at radius 3 is 2.24 bits per heavy atom. The zero-order valence-corrected chi connectivity index (χ0v) is 30.0. The average Bonchev–Trinajstić information content (AvgIpc) is 3.44. The maximum atomic E-state index is 8.72. The molecule has 0 saturated heterocycles. The van der Waals surface area contributed by atoms with Crippen molar-refractivity contribution in [2.75, 3.05) is 20.1 Å². The van der Waals surface area contributed by atoms with Crippen LogP contribution in [0, 0.1) is 0 Å². The minimum absolute atomic E-state index is 0.0740. The molecular formula is C42H39N3O3S2.